The molecule has 9 heteroatoms. The minimum absolute atomic E-state index is 0.271. The summed E-state index contributed by atoms with van der Waals surface area (Å²) in [6.07, 6.45) is 1.99. The fourth-order valence-electron chi connectivity index (χ4n) is 3.93. The number of halogens is 2. The Bertz CT molecular complexity index is 1130. The lowest BCUT2D eigenvalue weighted by molar-refractivity contribution is 0.268. The monoisotopic (exact) mass is 521 g/mol. The van der Waals surface area contributed by atoms with Crippen molar-refractivity contribution in [3.8, 4) is 0 Å². The molecule has 0 amide bonds. The quantitative estimate of drug-likeness (QED) is 0.241. The first kappa shape index (κ1) is 24.8. The van der Waals surface area contributed by atoms with Crippen LogP contribution in [0.5, 0.6) is 0 Å². The molecule has 4 aromatic rings. The maximum absolute atomic E-state index is 6.14. The summed E-state index contributed by atoms with van der Waals surface area (Å²) in [7, 11) is 8.46. The van der Waals surface area contributed by atoms with Gasteiger partial charge in [-0.15, -0.1) is 22.7 Å². The van der Waals surface area contributed by atoms with E-state index in [-0.39, 0.29) is 12.1 Å². The van der Waals surface area contributed by atoms with Crippen LogP contribution in [0, 0.1) is 0 Å². The molecule has 33 heavy (non-hydrogen) atoms. The van der Waals surface area contributed by atoms with Gasteiger partial charge in [-0.1, -0.05) is 23.2 Å². The maximum atomic E-state index is 6.14. The van der Waals surface area contributed by atoms with E-state index in [4.69, 9.17) is 33.2 Å². The van der Waals surface area contributed by atoms with Gasteiger partial charge in [0.15, 0.2) is 0 Å². The molecule has 1 N–H and O–H groups in total. The molecule has 176 valence electrons. The molecule has 0 radical (unpaired) electrons. The molecule has 0 fully saturated rings. The van der Waals surface area contributed by atoms with Crippen molar-refractivity contribution in [3.05, 3.63) is 56.5 Å². The summed E-state index contributed by atoms with van der Waals surface area (Å²) in [5.41, 5.74) is 1.96. The average molecular weight is 523 g/mol. The van der Waals surface area contributed by atoms with Gasteiger partial charge < -0.3 is 15.1 Å². The largest absolute Gasteiger partial charge is 0.317 e. The second-order valence-electron chi connectivity index (χ2n) is 8.61. The highest BCUT2D eigenvalue weighted by atomic mass is 35.5. The zero-order valence-electron chi connectivity index (χ0n) is 19.3. The summed E-state index contributed by atoms with van der Waals surface area (Å²) in [5.74, 6) is 0. The summed E-state index contributed by atoms with van der Waals surface area (Å²) in [6.45, 7) is 1.85. The summed E-state index contributed by atoms with van der Waals surface area (Å²) in [5, 5.41) is 7.38. The predicted molar refractivity (Wildman–Crippen MR) is 144 cm³/mol. The van der Waals surface area contributed by atoms with E-state index in [0.29, 0.717) is 0 Å². The van der Waals surface area contributed by atoms with E-state index in [1.54, 1.807) is 22.7 Å². The maximum Gasteiger partial charge on any atom is 0.111 e. The Morgan fingerprint density at radius 2 is 1.18 bits per heavy atom. The molecule has 0 bridgehead atoms. The topological polar surface area (TPSA) is 44.3 Å². The van der Waals surface area contributed by atoms with Gasteiger partial charge in [-0.2, -0.15) is 0 Å². The predicted octanol–water partition coefficient (Wildman–Crippen LogP) is 6.49. The number of aromatic nitrogens is 2. The molecule has 2 unspecified atom stereocenters. The van der Waals surface area contributed by atoms with Gasteiger partial charge in [0.1, 0.15) is 10.0 Å². The molecule has 0 spiro atoms. The van der Waals surface area contributed by atoms with Crippen LogP contribution in [0.15, 0.2) is 36.4 Å². The van der Waals surface area contributed by atoms with E-state index in [0.717, 1.165) is 57.0 Å². The number of hydrogen-bond donors (Lipinski definition) is 1. The second-order valence-corrected chi connectivity index (χ2v) is 11.6. The lowest BCUT2D eigenvalue weighted by atomic mass is 10.1. The summed E-state index contributed by atoms with van der Waals surface area (Å²) >= 11 is 15.8. The molecule has 2 aromatic heterocycles. The lowest BCUT2D eigenvalue weighted by Crippen LogP contribution is -2.28. The minimum Gasteiger partial charge on any atom is -0.317 e. The van der Waals surface area contributed by atoms with Gasteiger partial charge in [0.2, 0.25) is 0 Å². The van der Waals surface area contributed by atoms with Crippen LogP contribution in [0.2, 0.25) is 10.0 Å². The van der Waals surface area contributed by atoms with Gasteiger partial charge in [-0.3, -0.25) is 0 Å². The van der Waals surface area contributed by atoms with Gasteiger partial charge in [-0.05, 0) is 90.5 Å². The number of fused-ring (bicyclic) bond motifs is 2. The van der Waals surface area contributed by atoms with Crippen molar-refractivity contribution in [2.45, 2.75) is 24.9 Å². The SMILES string of the molecule is CN(C)C(CCNCCC(c1nc2cc(Cl)ccc2s1)N(C)C)c1nc2cc(Cl)ccc2s1. The van der Waals surface area contributed by atoms with Crippen molar-refractivity contribution in [2.75, 3.05) is 41.3 Å². The molecule has 0 aliphatic rings. The van der Waals surface area contributed by atoms with Crippen LogP contribution in [0.1, 0.15) is 34.9 Å². The molecular weight excluding hydrogens is 493 g/mol. The van der Waals surface area contributed by atoms with E-state index in [9.17, 15) is 0 Å². The van der Waals surface area contributed by atoms with Crippen LogP contribution in [-0.2, 0) is 0 Å². The molecule has 2 heterocycles. The number of nitrogens with zero attached hydrogens (tertiary/aromatic N) is 4. The van der Waals surface area contributed by atoms with Crippen molar-refractivity contribution >= 4 is 66.3 Å². The number of hydrogen-bond acceptors (Lipinski definition) is 7. The Labute approximate surface area is 213 Å². The smallest absolute Gasteiger partial charge is 0.111 e. The molecule has 5 nitrogen and oxygen atoms in total. The second kappa shape index (κ2) is 11.0. The summed E-state index contributed by atoms with van der Waals surface area (Å²) in [6, 6.07) is 12.4. The Hall–Kier alpha value is -1.32. The number of thiazole rings is 2. The standard InChI is InChI=1S/C24H29Cl2N5S2/c1-30(2)19(23-28-17-13-15(25)5-7-21(17)32-23)9-11-27-12-10-20(31(3)4)24-29-18-14-16(26)6-8-22(18)33-24/h5-8,13-14,19-20,27H,9-12H2,1-4H3. The first-order valence-corrected chi connectivity index (χ1v) is 13.4. The Kier molecular flexibility index (Phi) is 8.23. The van der Waals surface area contributed by atoms with Gasteiger partial charge in [0, 0.05) is 10.0 Å². The Morgan fingerprint density at radius 1 is 0.758 bits per heavy atom. The van der Waals surface area contributed by atoms with Crippen LogP contribution in [-0.4, -0.2) is 61.0 Å². The van der Waals surface area contributed by atoms with Crippen molar-refractivity contribution in [1.82, 2.24) is 25.1 Å². The average Bonchev–Trinajstić information content (AvgIpc) is 3.35. The summed E-state index contributed by atoms with van der Waals surface area (Å²) in [4.78, 5) is 14.2. The van der Waals surface area contributed by atoms with Crippen molar-refractivity contribution < 1.29 is 0 Å². The van der Waals surface area contributed by atoms with Crippen LogP contribution in [0.25, 0.3) is 20.4 Å². The van der Waals surface area contributed by atoms with E-state index >= 15 is 0 Å². The minimum atomic E-state index is 0.271. The molecule has 2 atom stereocenters. The van der Waals surface area contributed by atoms with Gasteiger partial charge >= 0.3 is 0 Å². The van der Waals surface area contributed by atoms with E-state index < -0.39 is 0 Å². The number of nitrogens with one attached hydrogen (secondary N) is 1. The fourth-order valence-corrected chi connectivity index (χ4v) is 6.62. The van der Waals surface area contributed by atoms with Gasteiger partial charge in [0.05, 0.1) is 32.5 Å². The third-order valence-electron chi connectivity index (χ3n) is 5.74. The zero-order valence-corrected chi connectivity index (χ0v) is 22.5. The van der Waals surface area contributed by atoms with Gasteiger partial charge in [0.25, 0.3) is 0 Å². The van der Waals surface area contributed by atoms with E-state index in [1.165, 1.54) is 9.40 Å². The molecular formula is C24H29Cl2N5S2. The number of rotatable bonds is 10. The Balaban J connectivity index is 1.34. The summed E-state index contributed by atoms with van der Waals surface area (Å²) < 4.78 is 2.36. The first-order chi connectivity index (χ1) is 15.8. The lowest BCUT2D eigenvalue weighted by Gasteiger charge is -2.24. The zero-order chi connectivity index (χ0) is 23.5. The molecule has 0 aliphatic heterocycles. The van der Waals surface area contributed by atoms with Crippen molar-refractivity contribution in [3.63, 3.8) is 0 Å². The highest BCUT2D eigenvalue weighted by Gasteiger charge is 2.20. The van der Waals surface area contributed by atoms with E-state index in [1.807, 2.05) is 24.3 Å². The van der Waals surface area contributed by atoms with Crippen LogP contribution in [0.4, 0.5) is 0 Å². The molecule has 0 aliphatic carbocycles. The first-order valence-electron chi connectivity index (χ1n) is 11.0. The molecule has 2 aromatic carbocycles. The van der Waals surface area contributed by atoms with Gasteiger partial charge in [-0.25, -0.2) is 9.97 Å². The highest BCUT2D eigenvalue weighted by molar-refractivity contribution is 7.19. The van der Waals surface area contributed by atoms with Crippen LogP contribution in [0.3, 0.4) is 0 Å². The van der Waals surface area contributed by atoms with Crippen molar-refractivity contribution in [2.24, 2.45) is 0 Å². The normalized spacial score (nSPS) is 14.1. The Morgan fingerprint density at radius 3 is 1.58 bits per heavy atom. The molecule has 0 saturated carbocycles. The fraction of sp³-hybridized carbons (Fsp3) is 0.417. The molecule has 0 saturated heterocycles. The third kappa shape index (κ3) is 6.03. The number of benzene rings is 2. The van der Waals surface area contributed by atoms with E-state index in [2.05, 4.69) is 55.4 Å². The van der Waals surface area contributed by atoms with Crippen LogP contribution < -0.4 is 5.32 Å². The van der Waals surface area contributed by atoms with Crippen molar-refractivity contribution in [1.29, 1.82) is 0 Å². The highest BCUT2D eigenvalue weighted by Crippen LogP contribution is 2.33. The third-order valence-corrected chi connectivity index (χ3v) is 8.48. The van der Waals surface area contributed by atoms with Crippen LogP contribution >= 0.6 is 45.9 Å². The molecule has 4 rings (SSSR count).